The van der Waals surface area contributed by atoms with Gasteiger partial charge in [-0.15, -0.1) is 0 Å². The third-order valence-corrected chi connectivity index (χ3v) is 5.42. The lowest BCUT2D eigenvalue weighted by atomic mass is 10.1. The molecule has 1 heterocycles. The molecule has 0 atom stereocenters. The number of aromatic hydroxyl groups is 2. The summed E-state index contributed by atoms with van der Waals surface area (Å²) in [6.07, 6.45) is 1.68. The Bertz CT molecular complexity index is 1350. The van der Waals surface area contributed by atoms with Crippen LogP contribution in [0.15, 0.2) is 72.9 Å². The molecule has 0 aliphatic rings. The number of benzene rings is 3. The maximum absolute atomic E-state index is 12.0. The number of ether oxygens (including phenoxy) is 3. The number of phenolic OH excluding ortho intramolecular Hbond substituents is 2. The van der Waals surface area contributed by atoms with Crippen LogP contribution in [0.4, 0.5) is 0 Å². The molecule has 0 saturated carbocycles. The molecule has 0 radical (unpaired) electrons. The van der Waals surface area contributed by atoms with E-state index in [4.69, 9.17) is 14.2 Å². The lowest BCUT2D eigenvalue weighted by molar-refractivity contribution is 0.0535. The van der Waals surface area contributed by atoms with E-state index in [-0.39, 0.29) is 36.0 Å². The quantitative estimate of drug-likeness (QED) is 0.265. The molecule has 3 aromatic carbocycles. The van der Waals surface area contributed by atoms with Crippen LogP contribution in [0.5, 0.6) is 17.2 Å². The van der Waals surface area contributed by atoms with Crippen molar-refractivity contribution in [3.05, 3.63) is 78.5 Å². The highest BCUT2D eigenvalue weighted by atomic mass is 16.5. The molecule has 9 nitrogen and oxygen atoms in total. The fraction of sp³-hybridized carbons (Fsp3) is 0.185. The summed E-state index contributed by atoms with van der Waals surface area (Å²) < 4.78 is 17.6. The Hall–Kier alpha value is -4.34. The molecule has 0 aliphatic heterocycles. The number of aromatic carboxylic acids is 1. The van der Waals surface area contributed by atoms with Gasteiger partial charge >= 0.3 is 5.97 Å². The van der Waals surface area contributed by atoms with E-state index in [9.17, 15) is 20.1 Å². The zero-order chi connectivity index (χ0) is 25.5. The van der Waals surface area contributed by atoms with E-state index >= 15 is 0 Å². The van der Waals surface area contributed by atoms with Crippen molar-refractivity contribution in [2.75, 3.05) is 33.5 Å². The predicted octanol–water partition coefficient (Wildman–Crippen LogP) is 4.36. The van der Waals surface area contributed by atoms with Crippen LogP contribution >= 0.6 is 0 Å². The predicted molar refractivity (Wildman–Crippen MR) is 133 cm³/mol. The molecule has 0 amide bonds. The summed E-state index contributed by atoms with van der Waals surface area (Å²) in [6, 6.07) is 18.2. The van der Waals surface area contributed by atoms with Crippen LogP contribution in [-0.2, 0) is 9.47 Å². The Labute approximate surface area is 207 Å². The maximum Gasteiger partial charge on any atom is 0.339 e. The van der Waals surface area contributed by atoms with E-state index in [1.54, 1.807) is 78.5 Å². The van der Waals surface area contributed by atoms with Crippen molar-refractivity contribution in [2.24, 2.45) is 0 Å². The smallest absolute Gasteiger partial charge is 0.339 e. The zero-order valence-electron chi connectivity index (χ0n) is 19.6. The van der Waals surface area contributed by atoms with Crippen LogP contribution in [0.25, 0.3) is 28.3 Å². The first-order valence-electron chi connectivity index (χ1n) is 11.2. The number of carbonyl (C=O) groups is 1. The highest BCUT2D eigenvalue weighted by molar-refractivity contribution is 5.91. The second-order valence-corrected chi connectivity index (χ2v) is 7.79. The lowest BCUT2D eigenvalue weighted by Gasteiger charge is -2.13. The molecule has 0 aliphatic carbocycles. The molecule has 4 aromatic rings. The second kappa shape index (κ2) is 11.4. The monoisotopic (exact) mass is 490 g/mol. The van der Waals surface area contributed by atoms with Gasteiger partial charge in [0.05, 0.1) is 31.1 Å². The zero-order valence-corrected chi connectivity index (χ0v) is 19.6. The fourth-order valence-corrected chi connectivity index (χ4v) is 3.67. The van der Waals surface area contributed by atoms with Gasteiger partial charge in [0, 0.05) is 24.6 Å². The van der Waals surface area contributed by atoms with Crippen LogP contribution in [-0.4, -0.2) is 64.4 Å². The largest absolute Gasteiger partial charge is 0.507 e. The molecule has 186 valence electrons. The van der Waals surface area contributed by atoms with Gasteiger partial charge in [0.15, 0.2) is 0 Å². The lowest BCUT2D eigenvalue weighted by Crippen LogP contribution is -2.12. The molecule has 4 rings (SSSR count). The average Bonchev–Trinajstić information content (AvgIpc) is 3.31. The summed E-state index contributed by atoms with van der Waals surface area (Å²) in [5.41, 5.74) is 1.86. The number of aromatic nitrogens is 2. The number of rotatable bonds is 11. The van der Waals surface area contributed by atoms with E-state index in [2.05, 4.69) is 4.98 Å². The average molecular weight is 491 g/mol. The highest BCUT2D eigenvalue weighted by Gasteiger charge is 2.20. The molecule has 1 aromatic heterocycles. The number of para-hydroxylation sites is 2. The molecule has 0 spiro atoms. The van der Waals surface area contributed by atoms with Crippen LogP contribution in [0, 0.1) is 0 Å². The number of nitrogens with zero attached hydrogens (tertiary/aromatic N) is 2. The number of carboxylic acids is 1. The van der Waals surface area contributed by atoms with Crippen LogP contribution in [0.1, 0.15) is 10.4 Å². The van der Waals surface area contributed by atoms with Gasteiger partial charge in [-0.2, -0.15) is 0 Å². The molecule has 36 heavy (non-hydrogen) atoms. The van der Waals surface area contributed by atoms with Gasteiger partial charge in [0.25, 0.3) is 0 Å². The van der Waals surface area contributed by atoms with Crippen molar-refractivity contribution in [3.8, 4) is 45.6 Å². The number of hydrogen-bond acceptors (Lipinski definition) is 7. The van der Waals surface area contributed by atoms with Gasteiger partial charge in [0.2, 0.25) is 0 Å². The van der Waals surface area contributed by atoms with Crippen molar-refractivity contribution in [1.82, 2.24) is 9.55 Å². The molecular formula is C27H26N2O7. The van der Waals surface area contributed by atoms with E-state index in [1.165, 1.54) is 6.07 Å². The first kappa shape index (κ1) is 24.8. The minimum absolute atomic E-state index is 0.0140. The van der Waals surface area contributed by atoms with Gasteiger partial charge in [-0.05, 0) is 42.5 Å². The highest BCUT2D eigenvalue weighted by Crippen LogP contribution is 2.36. The minimum atomic E-state index is -1.16. The second-order valence-electron chi connectivity index (χ2n) is 7.79. The SMILES string of the molecule is COCCOCCOc1ccc(-n2cc(-c3ccccc3O)nc2-c2ccccc2O)cc1C(=O)O. The van der Waals surface area contributed by atoms with Gasteiger partial charge in [0.1, 0.15) is 35.2 Å². The summed E-state index contributed by atoms with van der Waals surface area (Å²) in [5.74, 6) is -0.513. The van der Waals surface area contributed by atoms with E-state index in [0.717, 1.165) is 0 Å². The van der Waals surface area contributed by atoms with E-state index in [1.807, 2.05) is 0 Å². The molecule has 0 unspecified atom stereocenters. The van der Waals surface area contributed by atoms with Crippen LogP contribution in [0.2, 0.25) is 0 Å². The van der Waals surface area contributed by atoms with Gasteiger partial charge in [-0.1, -0.05) is 24.3 Å². The summed E-state index contributed by atoms with van der Waals surface area (Å²) >= 11 is 0. The summed E-state index contributed by atoms with van der Waals surface area (Å²) in [7, 11) is 1.58. The third kappa shape index (κ3) is 5.48. The Morgan fingerprint density at radius 1 is 0.889 bits per heavy atom. The number of imidazole rings is 1. The van der Waals surface area contributed by atoms with Gasteiger partial charge in [-0.25, -0.2) is 9.78 Å². The topological polar surface area (TPSA) is 123 Å². The Kier molecular flexibility index (Phi) is 7.84. The van der Waals surface area contributed by atoms with Gasteiger partial charge in [-0.3, -0.25) is 4.57 Å². The molecule has 0 bridgehead atoms. The van der Waals surface area contributed by atoms with Crippen LogP contribution < -0.4 is 4.74 Å². The molecule has 3 N–H and O–H groups in total. The number of phenols is 2. The van der Waals surface area contributed by atoms with Gasteiger partial charge < -0.3 is 29.5 Å². The Morgan fingerprint density at radius 2 is 1.56 bits per heavy atom. The molecular weight excluding hydrogens is 464 g/mol. The first-order chi connectivity index (χ1) is 17.5. The molecule has 0 fully saturated rings. The van der Waals surface area contributed by atoms with Crippen molar-refractivity contribution in [3.63, 3.8) is 0 Å². The number of carboxylic acid groups (broad SMARTS) is 1. The molecule has 9 heteroatoms. The summed E-state index contributed by atoms with van der Waals surface area (Å²) in [5, 5.41) is 30.7. The number of hydrogen-bond donors (Lipinski definition) is 3. The standard InChI is InChI=1S/C27H26N2O7/c1-34-12-13-35-14-15-36-25-11-10-18(16-21(25)27(32)33)29-17-22(19-6-2-4-8-23(19)30)28-26(29)20-7-3-5-9-24(20)31/h2-11,16-17,30-31H,12-15H2,1H3,(H,32,33). The maximum atomic E-state index is 12.0. The van der Waals surface area contributed by atoms with E-state index < -0.39 is 5.97 Å². The van der Waals surface area contributed by atoms with Crippen molar-refractivity contribution in [1.29, 1.82) is 0 Å². The minimum Gasteiger partial charge on any atom is -0.507 e. The Morgan fingerprint density at radius 3 is 2.22 bits per heavy atom. The van der Waals surface area contributed by atoms with Crippen molar-refractivity contribution in [2.45, 2.75) is 0 Å². The van der Waals surface area contributed by atoms with Crippen LogP contribution in [0.3, 0.4) is 0 Å². The Balaban J connectivity index is 1.73. The van der Waals surface area contributed by atoms with Crippen molar-refractivity contribution >= 4 is 5.97 Å². The van der Waals surface area contributed by atoms with Crippen molar-refractivity contribution < 1.29 is 34.3 Å². The molecule has 0 saturated heterocycles. The fourth-order valence-electron chi connectivity index (χ4n) is 3.67. The summed E-state index contributed by atoms with van der Waals surface area (Å²) in [6.45, 7) is 1.34. The summed E-state index contributed by atoms with van der Waals surface area (Å²) in [4.78, 5) is 16.7. The van der Waals surface area contributed by atoms with E-state index in [0.29, 0.717) is 41.5 Å². The third-order valence-electron chi connectivity index (χ3n) is 5.42. The number of methoxy groups -OCH3 is 1. The first-order valence-corrected chi connectivity index (χ1v) is 11.2. The normalized spacial score (nSPS) is 10.9.